The van der Waals surface area contributed by atoms with Gasteiger partial charge in [-0.15, -0.1) is 0 Å². The van der Waals surface area contributed by atoms with Crippen molar-refractivity contribution in [3.8, 4) is 5.75 Å². The Balaban J connectivity index is 3.11. The summed E-state index contributed by atoms with van der Waals surface area (Å²) in [6.07, 6.45) is 0. The molecule has 0 aliphatic rings. The van der Waals surface area contributed by atoms with E-state index in [2.05, 4.69) is 0 Å². The van der Waals surface area contributed by atoms with Crippen molar-refractivity contribution in [1.29, 1.82) is 0 Å². The van der Waals surface area contributed by atoms with Crippen LogP contribution in [0.4, 0.5) is 0 Å². The zero-order valence-electron chi connectivity index (χ0n) is 7.04. The van der Waals surface area contributed by atoms with Crippen molar-refractivity contribution >= 4 is 15.8 Å². The molecule has 76 valence electrons. The fraction of sp³-hybridized carbons (Fsp3) is 0.125. The summed E-state index contributed by atoms with van der Waals surface area (Å²) in [7, 11) is -3.84. The number of aromatic hydroxyl groups is 1. The van der Waals surface area contributed by atoms with E-state index in [-0.39, 0.29) is 10.6 Å². The molecule has 0 unspecified atom stereocenters. The Labute approximate surface area is 80.5 Å². The smallest absolute Gasteiger partial charge is 0.319 e. The van der Waals surface area contributed by atoms with Crippen LogP contribution in [0.3, 0.4) is 0 Å². The second-order valence-corrected chi connectivity index (χ2v) is 4.64. The maximum absolute atomic E-state index is 11.3. The Morgan fingerprint density at radius 3 is 2.50 bits per heavy atom. The Morgan fingerprint density at radius 1 is 1.36 bits per heavy atom. The summed E-state index contributed by atoms with van der Waals surface area (Å²) in [4.78, 5) is 10.0. The highest BCUT2D eigenvalue weighted by atomic mass is 32.2. The van der Waals surface area contributed by atoms with Crippen LogP contribution in [-0.2, 0) is 14.6 Å². The highest BCUT2D eigenvalue weighted by Crippen LogP contribution is 2.16. The van der Waals surface area contributed by atoms with Crippen LogP contribution >= 0.6 is 0 Å². The molecule has 0 saturated heterocycles. The van der Waals surface area contributed by atoms with E-state index >= 15 is 0 Å². The number of carboxylic acid groups (broad SMARTS) is 1. The quantitative estimate of drug-likeness (QED) is 0.755. The van der Waals surface area contributed by atoms with Crippen molar-refractivity contribution in [2.24, 2.45) is 0 Å². The number of sulfone groups is 1. The molecule has 14 heavy (non-hydrogen) atoms. The third kappa shape index (κ3) is 2.46. The lowest BCUT2D eigenvalue weighted by Crippen LogP contribution is -2.15. The van der Waals surface area contributed by atoms with E-state index in [1.54, 1.807) is 0 Å². The van der Waals surface area contributed by atoms with Crippen LogP contribution in [0.25, 0.3) is 0 Å². The van der Waals surface area contributed by atoms with E-state index < -0.39 is 21.6 Å². The minimum atomic E-state index is -3.84. The summed E-state index contributed by atoms with van der Waals surface area (Å²) < 4.78 is 22.6. The molecule has 0 bridgehead atoms. The molecule has 0 fully saturated rings. The van der Waals surface area contributed by atoms with Gasteiger partial charge >= 0.3 is 5.97 Å². The number of hydrogen-bond acceptors (Lipinski definition) is 4. The molecule has 0 aliphatic heterocycles. The van der Waals surface area contributed by atoms with Crippen molar-refractivity contribution in [3.63, 3.8) is 0 Å². The molecule has 0 aliphatic carbocycles. The monoisotopic (exact) mass is 216 g/mol. The van der Waals surface area contributed by atoms with Crippen LogP contribution in [0, 0.1) is 0 Å². The molecule has 0 aromatic heterocycles. The van der Waals surface area contributed by atoms with Gasteiger partial charge in [0.25, 0.3) is 0 Å². The summed E-state index contributed by atoms with van der Waals surface area (Å²) >= 11 is 0. The van der Waals surface area contributed by atoms with Crippen molar-refractivity contribution in [2.45, 2.75) is 4.90 Å². The summed E-state index contributed by atoms with van der Waals surface area (Å²) in [5.41, 5.74) is 0. The van der Waals surface area contributed by atoms with Gasteiger partial charge in [-0.05, 0) is 18.2 Å². The number of carbonyl (C=O) groups is 1. The molecule has 0 atom stereocenters. The van der Waals surface area contributed by atoms with Gasteiger partial charge in [-0.2, -0.15) is 0 Å². The second kappa shape index (κ2) is 3.67. The van der Waals surface area contributed by atoms with Crippen molar-refractivity contribution < 1.29 is 23.4 Å². The number of rotatable bonds is 3. The third-order valence-corrected chi connectivity index (χ3v) is 3.09. The van der Waals surface area contributed by atoms with Crippen LogP contribution in [0.2, 0.25) is 0 Å². The molecule has 0 heterocycles. The fourth-order valence-electron chi connectivity index (χ4n) is 0.923. The van der Waals surface area contributed by atoms with Crippen LogP contribution in [0.15, 0.2) is 29.2 Å². The number of phenolic OH excluding ortho intramolecular Hbond substituents is 1. The molecule has 2 N–H and O–H groups in total. The van der Waals surface area contributed by atoms with Gasteiger partial charge in [-0.1, -0.05) is 6.07 Å². The number of aliphatic carboxylic acids is 1. The average molecular weight is 216 g/mol. The lowest BCUT2D eigenvalue weighted by molar-refractivity contribution is -0.134. The lowest BCUT2D eigenvalue weighted by Gasteiger charge is -2.01. The van der Waals surface area contributed by atoms with Gasteiger partial charge in [0.15, 0.2) is 15.6 Å². The molecule has 1 rings (SSSR count). The van der Waals surface area contributed by atoms with Crippen molar-refractivity contribution in [1.82, 2.24) is 0 Å². The molecule has 0 saturated carbocycles. The van der Waals surface area contributed by atoms with E-state index in [1.807, 2.05) is 0 Å². The summed E-state index contributed by atoms with van der Waals surface area (Å²) in [5.74, 6) is -2.61. The van der Waals surface area contributed by atoms with E-state index in [1.165, 1.54) is 18.2 Å². The van der Waals surface area contributed by atoms with Gasteiger partial charge in [0.2, 0.25) is 0 Å². The summed E-state index contributed by atoms with van der Waals surface area (Å²) in [6.45, 7) is 0. The van der Waals surface area contributed by atoms with Gasteiger partial charge in [0.1, 0.15) is 5.75 Å². The highest BCUT2D eigenvalue weighted by molar-refractivity contribution is 7.92. The summed E-state index contributed by atoms with van der Waals surface area (Å²) in [6, 6.07) is 4.89. The topological polar surface area (TPSA) is 91.7 Å². The maximum atomic E-state index is 11.3. The predicted octanol–water partition coefficient (Wildman–Crippen LogP) is 0.251. The second-order valence-electron chi connectivity index (χ2n) is 2.65. The fourth-order valence-corrected chi connectivity index (χ4v) is 2.00. The molecule has 1 aromatic carbocycles. The molecule has 1 aromatic rings. The molecule has 0 spiro atoms. The minimum Gasteiger partial charge on any atom is -0.508 e. The van der Waals surface area contributed by atoms with E-state index in [9.17, 15) is 13.2 Å². The first-order valence-electron chi connectivity index (χ1n) is 3.65. The molecular formula is C8H8O5S. The van der Waals surface area contributed by atoms with Crippen LogP contribution in [0.1, 0.15) is 0 Å². The van der Waals surface area contributed by atoms with Crippen LogP contribution in [-0.4, -0.2) is 30.4 Å². The largest absolute Gasteiger partial charge is 0.508 e. The van der Waals surface area contributed by atoms with Crippen molar-refractivity contribution in [2.75, 3.05) is 5.75 Å². The number of hydrogen-bond donors (Lipinski definition) is 2. The molecular weight excluding hydrogens is 208 g/mol. The number of phenols is 1. The molecule has 6 heteroatoms. The first-order chi connectivity index (χ1) is 6.42. The number of carboxylic acids is 1. The molecule has 0 radical (unpaired) electrons. The molecule has 0 amide bonds. The summed E-state index contributed by atoms with van der Waals surface area (Å²) in [5, 5.41) is 17.3. The zero-order valence-corrected chi connectivity index (χ0v) is 7.86. The standard InChI is InChI=1S/C8H8O5S/c9-6-2-1-3-7(4-6)14(12,13)5-8(10)11/h1-4,9H,5H2,(H,10,11). The molecule has 5 nitrogen and oxygen atoms in total. The Morgan fingerprint density at radius 2 is 2.00 bits per heavy atom. The first kappa shape index (κ1) is 10.5. The number of benzene rings is 1. The van der Waals surface area contributed by atoms with E-state index in [4.69, 9.17) is 10.2 Å². The Kier molecular flexibility index (Phi) is 2.76. The minimum absolute atomic E-state index is 0.195. The van der Waals surface area contributed by atoms with Crippen LogP contribution in [0.5, 0.6) is 5.75 Å². The lowest BCUT2D eigenvalue weighted by atomic mass is 10.3. The van der Waals surface area contributed by atoms with Gasteiger partial charge in [0, 0.05) is 0 Å². The Bertz CT molecular complexity index is 449. The van der Waals surface area contributed by atoms with Gasteiger partial charge < -0.3 is 10.2 Å². The van der Waals surface area contributed by atoms with Gasteiger partial charge in [-0.3, -0.25) is 4.79 Å². The van der Waals surface area contributed by atoms with E-state index in [0.29, 0.717) is 0 Å². The SMILES string of the molecule is O=C(O)CS(=O)(=O)c1cccc(O)c1. The van der Waals surface area contributed by atoms with E-state index in [0.717, 1.165) is 6.07 Å². The van der Waals surface area contributed by atoms with Gasteiger partial charge in [-0.25, -0.2) is 8.42 Å². The Hall–Kier alpha value is -1.56. The first-order valence-corrected chi connectivity index (χ1v) is 5.30. The average Bonchev–Trinajstić information content (AvgIpc) is 2.01. The van der Waals surface area contributed by atoms with Crippen LogP contribution < -0.4 is 0 Å². The predicted molar refractivity (Wildman–Crippen MR) is 47.8 cm³/mol. The highest BCUT2D eigenvalue weighted by Gasteiger charge is 2.18. The third-order valence-electron chi connectivity index (χ3n) is 1.49. The van der Waals surface area contributed by atoms with Gasteiger partial charge in [0.05, 0.1) is 4.90 Å². The zero-order chi connectivity index (χ0) is 10.8. The van der Waals surface area contributed by atoms with Crippen molar-refractivity contribution in [3.05, 3.63) is 24.3 Å². The normalized spacial score (nSPS) is 11.1. The maximum Gasteiger partial charge on any atom is 0.319 e.